The molecule has 1 N–H and O–H groups in total. The van der Waals surface area contributed by atoms with Crippen LogP contribution in [-0.4, -0.2) is 31.0 Å². The molecule has 2 aromatic rings. The van der Waals surface area contributed by atoms with E-state index in [2.05, 4.69) is 27.7 Å². The van der Waals surface area contributed by atoms with Crippen molar-refractivity contribution in [2.75, 3.05) is 25.0 Å². The number of thiazole rings is 1. The number of anilines is 1. The Balaban J connectivity index is 1.75. The van der Waals surface area contributed by atoms with Gasteiger partial charge in [0.25, 0.3) is 0 Å². The Morgan fingerprint density at radius 2 is 2.19 bits per heavy atom. The number of amides is 1. The van der Waals surface area contributed by atoms with Crippen molar-refractivity contribution in [2.45, 2.75) is 12.8 Å². The van der Waals surface area contributed by atoms with Crippen LogP contribution in [0.25, 0.3) is 11.3 Å². The molecular formula is C16H19N3OS. The molecule has 4 nitrogen and oxygen atoms in total. The van der Waals surface area contributed by atoms with E-state index in [1.54, 1.807) is 18.4 Å². The number of nitrogens with zero attached hydrogens (tertiary/aromatic N) is 2. The largest absolute Gasteiger partial charge is 0.359 e. The lowest BCUT2D eigenvalue weighted by Gasteiger charge is -2.31. The Labute approximate surface area is 128 Å². The van der Waals surface area contributed by atoms with Gasteiger partial charge in [0.2, 0.25) is 5.91 Å². The zero-order valence-electron chi connectivity index (χ0n) is 12.1. The van der Waals surface area contributed by atoms with Crippen LogP contribution in [0.3, 0.4) is 0 Å². The third-order valence-corrected chi connectivity index (χ3v) is 4.77. The summed E-state index contributed by atoms with van der Waals surface area (Å²) in [7, 11) is 1.71. The van der Waals surface area contributed by atoms with Crippen LogP contribution in [0.5, 0.6) is 0 Å². The van der Waals surface area contributed by atoms with E-state index in [9.17, 15) is 4.79 Å². The van der Waals surface area contributed by atoms with Gasteiger partial charge in [0.15, 0.2) is 5.13 Å². The second-order valence-electron chi connectivity index (χ2n) is 5.28. The Morgan fingerprint density at radius 1 is 1.38 bits per heavy atom. The van der Waals surface area contributed by atoms with Gasteiger partial charge >= 0.3 is 0 Å². The maximum atomic E-state index is 11.8. The van der Waals surface area contributed by atoms with Gasteiger partial charge in [0.1, 0.15) is 0 Å². The monoisotopic (exact) mass is 301 g/mol. The van der Waals surface area contributed by atoms with Gasteiger partial charge < -0.3 is 10.2 Å². The summed E-state index contributed by atoms with van der Waals surface area (Å²) in [5, 5.41) is 5.86. The molecule has 110 valence electrons. The predicted molar refractivity (Wildman–Crippen MR) is 86.6 cm³/mol. The van der Waals surface area contributed by atoms with E-state index in [0.717, 1.165) is 42.3 Å². The number of nitrogens with one attached hydrogen (secondary N) is 1. The molecule has 1 unspecified atom stereocenters. The number of hydrogen-bond acceptors (Lipinski definition) is 4. The molecule has 1 fully saturated rings. The van der Waals surface area contributed by atoms with Crippen LogP contribution in [0, 0.1) is 5.92 Å². The van der Waals surface area contributed by atoms with E-state index >= 15 is 0 Å². The lowest BCUT2D eigenvalue weighted by molar-refractivity contribution is -0.124. The molecule has 0 spiro atoms. The minimum absolute atomic E-state index is 0.0767. The van der Waals surface area contributed by atoms with E-state index in [1.807, 2.05) is 18.2 Å². The van der Waals surface area contributed by atoms with E-state index < -0.39 is 0 Å². The molecule has 1 aliphatic heterocycles. The predicted octanol–water partition coefficient (Wildman–Crippen LogP) is 2.77. The van der Waals surface area contributed by atoms with Crippen LogP contribution in [-0.2, 0) is 4.79 Å². The lowest BCUT2D eigenvalue weighted by atomic mass is 9.98. The molecule has 1 aliphatic rings. The number of carbonyl (C=O) groups is 1. The second-order valence-corrected chi connectivity index (χ2v) is 6.12. The molecule has 3 rings (SSSR count). The zero-order chi connectivity index (χ0) is 14.7. The molecule has 1 atom stereocenters. The number of aromatic nitrogens is 1. The first kappa shape index (κ1) is 14.1. The first-order valence-corrected chi connectivity index (χ1v) is 8.13. The minimum Gasteiger partial charge on any atom is -0.359 e. The molecule has 1 amide bonds. The van der Waals surface area contributed by atoms with Crippen molar-refractivity contribution in [3.05, 3.63) is 35.7 Å². The topological polar surface area (TPSA) is 45.2 Å². The highest BCUT2D eigenvalue weighted by molar-refractivity contribution is 7.14. The van der Waals surface area contributed by atoms with E-state index in [-0.39, 0.29) is 11.8 Å². The smallest absolute Gasteiger partial charge is 0.224 e. The van der Waals surface area contributed by atoms with Crippen LogP contribution < -0.4 is 10.2 Å². The highest BCUT2D eigenvalue weighted by Gasteiger charge is 2.26. The fraction of sp³-hybridized carbons (Fsp3) is 0.375. The van der Waals surface area contributed by atoms with Gasteiger partial charge in [0.05, 0.1) is 11.6 Å². The molecule has 0 aliphatic carbocycles. The molecule has 0 saturated carbocycles. The molecule has 1 aromatic carbocycles. The minimum atomic E-state index is 0.0767. The van der Waals surface area contributed by atoms with Gasteiger partial charge in [-0.1, -0.05) is 30.3 Å². The number of benzene rings is 1. The van der Waals surface area contributed by atoms with Crippen molar-refractivity contribution in [1.82, 2.24) is 10.3 Å². The van der Waals surface area contributed by atoms with Crippen LogP contribution >= 0.6 is 11.3 Å². The summed E-state index contributed by atoms with van der Waals surface area (Å²) in [6, 6.07) is 10.2. The third-order valence-electron chi connectivity index (χ3n) is 3.87. The van der Waals surface area contributed by atoms with Crippen LogP contribution in [0.2, 0.25) is 0 Å². The zero-order valence-corrected chi connectivity index (χ0v) is 12.9. The van der Waals surface area contributed by atoms with Gasteiger partial charge in [-0.3, -0.25) is 4.79 Å². The first-order valence-electron chi connectivity index (χ1n) is 7.25. The fourth-order valence-electron chi connectivity index (χ4n) is 2.72. The molecule has 0 radical (unpaired) electrons. The highest BCUT2D eigenvalue weighted by atomic mass is 32.1. The number of piperidine rings is 1. The fourth-order valence-corrected chi connectivity index (χ4v) is 3.59. The van der Waals surface area contributed by atoms with Gasteiger partial charge in [-0.25, -0.2) is 4.98 Å². The number of rotatable bonds is 3. The molecule has 5 heteroatoms. The number of hydrogen-bond donors (Lipinski definition) is 1. The van der Waals surface area contributed by atoms with Crippen molar-refractivity contribution in [1.29, 1.82) is 0 Å². The van der Waals surface area contributed by atoms with Crippen molar-refractivity contribution in [3.8, 4) is 11.3 Å². The number of carbonyl (C=O) groups excluding carboxylic acids is 1. The quantitative estimate of drug-likeness (QED) is 0.948. The molecule has 1 aromatic heterocycles. The SMILES string of the molecule is CNC(=O)C1CCCN(c2nc(-c3ccccc3)cs2)C1. The summed E-state index contributed by atoms with van der Waals surface area (Å²) in [5.41, 5.74) is 2.15. The van der Waals surface area contributed by atoms with Crippen LogP contribution in [0.4, 0.5) is 5.13 Å². The van der Waals surface area contributed by atoms with Gasteiger partial charge in [-0.15, -0.1) is 11.3 Å². The average molecular weight is 301 g/mol. The van der Waals surface area contributed by atoms with E-state index in [1.165, 1.54) is 0 Å². The summed E-state index contributed by atoms with van der Waals surface area (Å²) < 4.78 is 0. The maximum Gasteiger partial charge on any atom is 0.224 e. The summed E-state index contributed by atoms with van der Waals surface area (Å²) in [6.45, 7) is 1.75. The third kappa shape index (κ3) is 3.08. The Bertz CT molecular complexity index is 611. The van der Waals surface area contributed by atoms with Crippen LogP contribution in [0.15, 0.2) is 35.7 Å². The summed E-state index contributed by atoms with van der Waals surface area (Å²) in [6.07, 6.45) is 2.01. The molecule has 0 bridgehead atoms. The average Bonchev–Trinajstić information content (AvgIpc) is 3.05. The maximum absolute atomic E-state index is 11.8. The first-order chi connectivity index (χ1) is 10.3. The Kier molecular flexibility index (Phi) is 4.20. The summed E-state index contributed by atoms with van der Waals surface area (Å²) in [5.74, 6) is 0.215. The normalized spacial score (nSPS) is 18.5. The molecule has 21 heavy (non-hydrogen) atoms. The van der Waals surface area contributed by atoms with Crippen molar-refractivity contribution < 1.29 is 4.79 Å². The Hall–Kier alpha value is -1.88. The van der Waals surface area contributed by atoms with Crippen LogP contribution in [0.1, 0.15) is 12.8 Å². The van der Waals surface area contributed by atoms with E-state index in [0.29, 0.717) is 0 Å². The van der Waals surface area contributed by atoms with Crippen molar-refractivity contribution in [2.24, 2.45) is 5.92 Å². The summed E-state index contributed by atoms with van der Waals surface area (Å²) in [4.78, 5) is 18.8. The van der Waals surface area contributed by atoms with Gasteiger partial charge in [-0.05, 0) is 12.8 Å². The lowest BCUT2D eigenvalue weighted by Crippen LogP contribution is -2.42. The molecule has 1 saturated heterocycles. The van der Waals surface area contributed by atoms with Crippen molar-refractivity contribution >= 4 is 22.4 Å². The van der Waals surface area contributed by atoms with Gasteiger partial charge in [0, 0.05) is 31.1 Å². The molecular weight excluding hydrogens is 282 g/mol. The summed E-state index contributed by atoms with van der Waals surface area (Å²) >= 11 is 1.66. The van der Waals surface area contributed by atoms with Gasteiger partial charge in [-0.2, -0.15) is 0 Å². The highest BCUT2D eigenvalue weighted by Crippen LogP contribution is 2.30. The Morgan fingerprint density at radius 3 is 2.95 bits per heavy atom. The second kappa shape index (κ2) is 6.26. The molecule has 2 heterocycles. The van der Waals surface area contributed by atoms with Crippen molar-refractivity contribution in [3.63, 3.8) is 0 Å². The standard InChI is InChI=1S/C16H19N3OS/c1-17-15(20)13-8-5-9-19(10-13)16-18-14(11-21-16)12-6-3-2-4-7-12/h2-4,6-7,11,13H,5,8-10H2,1H3,(H,17,20). The van der Waals surface area contributed by atoms with E-state index in [4.69, 9.17) is 4.98 Å².